The molecule has 0 atom stereocenters. The maximum Gasteiger partial charge on any atom is 0.509 e. The van der Waals surface area contributed by atoms with E-state index in [1.54, 1.807) is 26.8 Å². The lowest BCUT2D eigenvalue weighted by Gasteiger charge is -2.18. The third-order valence-electron chi connectivity index (χ3n) is 3.46. The Bertz CT molecular complexity index is 774. The summed E-state index contributed by atoms with van der Waals surface area (Å²) in [5.74, 6) is -0.156. The second-order valence-electron chi connectivity index (χ2n) is 7.03. The van der Waals surface area contributed by atoms with Gasteiger partial charge in [-0.15, -0.1) is 0 Å². The van der Waals surface area contributed by atoms with E-state index in [0.29, 0.717) is 6.54 Å². The summed E-state index contributed by atoms with van der Waals surface area (Å²) in [5.41, 5.74) is 2.19. The van der Waals surface area contributed by atoms with Gasteiger partial charge in [0, 0.05) is 12.6 Å². The van der Waals surface area contributed by atoms with E-state index < -0.39 is 11.8 Å². The van der Waals surface area contributed by atoms with Crippen molar-refractivity contribution < 1.29 is 19.1 Å². The number of benzene rings is 2. The van der Waals surface area contributed by atoms with Crippen molar-refractivity contribution in [1.82, 2.24) is 5.32 Å². The summed E-state index contributed by atoms with van der Waals surface area (Å²) in [6.45, 7) is 5.98. The normalized spacial score (nSPS) is 11.2. The molecule has 0 aliphatic carbocycles. The first-order chi connectivity index (χ1) is 12.8. The number of hydrogen-bond donors (Lipinski definition) is 1. The summed E-state index contributed by atoms with van der Waals surface area (Å²) >= 11 is 0. The van der Waals surface area contributed by atoms with Gasteiger partial charge in [-0.05, 0) is 43.5 Å². The van der Waals surface area contributed by atoms with E-state index in [2.05, 4.69) is 5.32 Å². The zero-order valence-corrected chi connectivity index (χ0v) is 15.9. The maximum atomic E-state index is 11.9. The molecule has 0 aliphatic heterocycles. The second kappa shape index (κ2) is 9.57. The van der Waals surface area contributed by atoms with Gasteiger partial charge >= 0.3 is 6.16 Å². The summed E-state index contributed by atoms with van der Waals surface area (Å²) in [4.78, 5) is 23.4. The van der Waals surface area contributed by atoms with Gasteiger partial charge in [-0.25, -0.2) is 4.79 Å². The van der Waals surface area contributed by atoms with Crippen molar-refractivity contribution in [3.8, 4) is 0 Å². The van der Waals surface area contributed by atoms with Crippen LogP contribution in [0.1, 0.15) is 37.5 Å². The molecule has 0 radical (unpaired) electrons. The maximum absolute atomic E-state index is 11.9. The Hall–Kier alpha value is -3.08. The molecule has 1 amide bonds. The van der Waals surface area contributed by atoms with E-state index in [9.17, 15) is 9.59 Å². The Labute approximate surface area is 160 Å². The number of carbonyl (C=O) groups is 2. The first-order valence-electron chi connectivity index (χ1n) is 8.76. The first-order valence-corrected chi connectivity index (χ1v) is 8.76. The molecule has 2 rings (SSSR count). The monoisotopic (exact) mass is 367 g/mol. The number of rotatable bonds is 6. The van der Waals surface area contributed by atoms with Crippen LogP contribution in [0.15, 0.2) is 60.7 Å². The summed E-state index contributed by atoms with van der Waals surface area (Å²) in [6.07, 6.45) is 2.54. The quantitative estimate of drug-likeness (QED) is 0.604. The third-order valence-corrected chi connectivity index (χ3v) is 3.46. The van der Waals surface area contributed by atoms with Crippen molar-refractivity contribution in [2.75, 3.05) is 0 Å². The van der Waals surface area contributed by atoms with Crippen LogP contribution >= 0.6 is 0 Å². The van der Waals surface area contributed by atoms with Gasteiger partial charge in [-0.1, -0.05) is 54.6 Å². The smallest absolute Gasteiger partial charge is 0.429 e. The van der Waals surface area contributed by atoms with Crippen LogP contribution < -0.4 is 5.32 Å². The van der Waals surface area contributed by atoms with Crippen molar-refractivity contribution in [2.45, 2.75) is 39.5 Å². The van der Waals surface area contributed by atoms with Gasteiger partial charge < -0.3 is 14.8 Å². The predicted molar refractivity (Wildman–Crippen MR) is 105 cm³/mol. The Morgan fingerprint density at radius 3 is 2.26 bits per heavy atom. The largest absolute Gasteiger partial charge is 0.509 e. The Balaban J connectivity index is 1.78. The highest BCUT2D eigenvalue weighted by Gasteiger charge is 2.17. The number of nitrogens with one attached hydrogen (secondary N) is 1. The fourth-order valence-electron chi connectivity index (χ4n) is 2.16. The minimum absolute atomic E-state index is 0.135. The molecule has 0 bridgehead atoms. The molecular formula is C22H25NO4. The summed E-state index contributed by atoms with van der Waals surface area (Å²) in [7, 11) is 0. The van der Waals surface area contributed by atoms with Gasteiger partial charge in [-0.3, -0.25) is 4.79 Å². The predicted octanol–water partition coefficient (Wildman–Crippen LogP) is 4.47. The molecule has 5 nitrogen and oxygen atoms in total. The number of carbonyl (C=O) groups excluding carboxylic acids is 2. The lowest BCUT2D eigenvalue weighted by molar-refractivity contribution is -0.116. The van der Waals surface area contributed by atoms with Crippen LogP contribution in [0.5, 0.6) is 0 Å². The molecule has 27 heavy (non-hydrogen) atoms. The summed E-state index contributed by atoms with van der Waals surface area (Å²) in [6, 6.07) is 17.1. The van der Waals surface area contributed by atoms with Gasteiger partial charge in [0.15, 0.2) is 0 Å². The highest BCUT2D eigenvalue weighted by molar-refractivity contribution is 5.91. The Morgan fingerprint density at radius 1 is 0.963 bits per heavy atom. The molecule has 0 saturated heterocycles. The summed E-state index contributed by atoms with van der Waals surface area (Å²) < 4.78 is 10.2. The fraction of sp³-hybridized carbons (Fsp3) is 0.273. The van der Waals surface area contributed by atoms with E-state index in [4.69, 9.17) is 9.47 Å². The average Bonchev–Trinajstić information content (AvgIpc) is 2.63. The van der Waals surface area contributed by atoms with E-state index in [1.807, 2.05) is 54.6 Å². The molecule has 0 unspecified atom stereocenters. The van der Waals surface area contributed by atoms with Gasteiger partial charge in [0.25, 0.3) is 0 Å². The molecule has 2 aromatic rings. The van der Waals surface area contributed by atoms with Crippen LogP contribution in [0, 0.1) is 0 Å². The first kappa shape index (κ1) is 20.2. The van der Waals surface area contributed by atoms with Gasteiger partial charge in [-0.2, -0.15) is 0 Å². The van der Waals surface area contributed by atoms with E-state index >= 15 is 0 Å². The van der Waals surface area contributed by atoms with Gasteiger partial charge in [0.05, 0.1) is 0 Å². The molecule has 0 saturated carbocycles. The Morgan fingerprint density at radius 2 is 1.63 bits per heavy atom. The SMILES string of the molecule is CC(C)(C)OC(=O)OCc1ccc(C=CC(=O)NCc2ccccc2)cc1. The van der Waals surface area contributed by atoms with E-state index in [0.717, 1.165) is 16.7 Å². The fourth-order valence-corrected chi connectivity index (χ4v) is 2.16. The van der Waals surface area contributed by atoms with E-state index in [1.165, 1.54) is 6.08 Å². The molecule has 2 aromatic carbocycles. The highest BCUT2D eigenvalue weighted by atomic mass is 16.7. The lowest BCUT2D eigenvalue weighted by Crippen LogP contribution is -2.24. The number of hydrogen-bond acceptors (Lipinski definition) is 4. The van der Waals surface area contributed by atoms with Crippen molar-refractivity contribution >= 4 is 18.1 Å². The minimum Gasteiger partial charge on any atom is -0.429 e. The molecule has 1 N–H and O–H groups in total. The average molecular weight is 367 g/mol. The molecule has 0 aliphatic rings. The minimum atomic E-state index is -0.693. The molecule has 0 spiro atoms. The number of ether oxygens (including phenoxy) is 2. The second-order valence-corrected chi connectivity index (χ2v) is 7.03. The topological polar surface area (TPSA) is 64.6 Å². The van der Waals surface area contributed by atoms with E-state index in [-0.39, 0.29) is 12.5 Å². The zero-order valence-electron chi connectivity index (χ0n) is 15.9. The van der Waals surface area contributed by atoms with Gasteiger partial charge in [0.1, 0.15) is 12.2 Å². The standard InChI is InChI=1S/C22H25NO4/c1-22(2,3)27-21(25)26-16-19-11-9-17(10-12-19)13-14-20(24)23-15-18-7-5-4-6-8-18/h4-14H,15-16H2,1-3H3,(H,23,24). The van der Waals surface area contributed by atoms with Crippen molar-refractivity contribution in [3.63, 3.8) is 0 Å². The van der Waals surface area contributed by atoms with Crippen molar-refractivity contribution in [3.05, 3.63) is 77.4 Å². The molecule has 0 heterocycles. The van der Waals surface area contributed by atoms with Gasteiger partial charge in [0.2, 0.25) is 5.91 Å². The third kappa shape index (κ3) is 8.23. The summed E-state index contributed by atoms with van der Waals surface area (Å²) in [5, 5.41) is 2.83. The molecule has 0 fully saturated rings. The lowest BCUT2D eigenvalue weighted by atomic mass is 10.1. The molecule has 0 aromatic heterocycles. The molecule has 5 heteroatoms. The van der Waals surface area contributed by atoms with Crippen LogP contribution in [0.3, 0.4) is 0 Å². The highest BCUT2D eigenvalue weighted by Crippen LogP contribution is 2.11. The molecular weight excluding hydrogens is 342 g/mol. The zero-order chi connectivity index (χ0) is 19.7. The van der Waals surface area contributed by atoms with Crippen LogP contribution in [0.25, 0.3) is 6.08 Å². The van der Waals surface area contributed by atoms with Crippen LogP contribution in [0.2, 0.25) is 0 Å². The molecule has 142 valence electrons. The van der Waals surface area contributed by atoms with Crippen molar-refractivity contribution in [2.24, 2.45) is 0 Å². The number of amides is 1. The van der Waals surface area contributed by atoms with Crippen LogP contribution in [-0.2, 0) is 27.4 Å². The van der Waals surface area contributed by atoms with Crippen molar-refractivity contribution in [1.29, 1.82) is 0 Å². The van der Waals surface area contributed by atoms with Crippen LogP contribution in [0.4, 0.5) is 4.79 Å². The Kier molecular flexibility index (Phi) is 7.17. The van der Waals surface area contributed by atoms with Crippen LogP contribution in [-0.4, -0.2) is 17.7 Å².